The first-order valence-electron chi connectivity index (χ1n) is 6.39. The molecule has 1 aromatic rings. The van der Waals surface area contributed by atoms with Crippen LogP contribution in [0, 0.1) is 5.92 Å². The molecule has 0 fully saturated rings. The molecule has 0 radical (unpaired) electrons. The lowest BCUT2D eigenvalue weighted by atomic mass is 9.88. The SMILES string of the molecule is CC1=CC(C)C(=C2Cc3ccccc3C2)C=C1. The molecule has 0 saturated carbocycles. The zero-order valence-electron chi connectivity index (χ0n) is 10.5. The molecule has 0 bridgehead atoms. The van der Waals surface area contributed by atoms with Crippen LogP contribution in [0.5, 0.6) is 0 Å². The highest BCUT2D eigenvalue weighted by Crippen LogP contribution is 2.33. The summed E-state index contributed by atoms with van der Waals surface area (Å²) in [6.45, 7) is 4.48. The Hall–Kier alpha value is -1.56. The van der Waals surface area contributed by atoms with E-state index < -0.39 is 0 Å². The van der Waals surface area contributed by atoms with Crippen molar-refractivity contribution in [3.63, 3.8) is 0 Å². The maximum Gasteiger partial charge on any atom is -0.000494 e. The quantitative estimate of drug-likeness (QED) is 0.616. The number of hydrogen-bond acceptors (Lipinski definition) is 0. The lowest BCUT2D eigenvalue weighted by molar-refractivity contribution is 0.843. The van der Waals surface area contributed by atoms with Crippen LogP contribution in [-0.4, -0.2) is 0 Å². The standard InChI is InChI=1S/C17H18/c1-12-7-8-17(13(2)9-12)16-10-14-5-3-4-6-15(14)11-16/h3-9,13H,10-11H2,1-2H3. The van der Waals surface area contributed by atoms with E-state index >= 15 is 0 Å². The molecule has 17 heavy (non-hydrogen) atoms. The van der Waals surface area contributed by atoms with Gasteiger partial charge in [-0.25, -0.2) is 0 Å². The molecule has 0 aliphatic heterocycles. The topological polar surface area (TPSA) is 0 Å². The molecular formula is C17H18. The number of fused-ring (bicyclic) bond motifs is 1. The highest BCUT2D eigenvalue weighted by molar-refractivity contribution is 5.48. The fourth-order valence-corrected chi connectivity index (χ4v) is 2.98. The van der Waals surface area contributed by atoms with Crippen LogP contribution in [0.2, 0.25) is 0 Å². The van der Waals surface area contributed by atoms with Gasteiger partial charge in [-0.2, -0.15) is 0 Å². The summed E-state index contributed by atoms with van der Waals surface area (Å²) in [6, 6.07) is 8.83. The van der Waals surface area contributed by atoms with Gasteiger partial charge in [-0.3, -0.25) is 0 Å². The fraction of sp³-hybridized carbons (Fsp3) is 0.294. The predicted molar refractivity (Wildman–Crippen MR) is 72.9 cm³/mol. The van der Waals surface area contributed by atoms with Crippen molar-refractivity contribution in [2.45, 2.75) is 26.7 Å². The maximum absolute atomic E-state index is 2.37. The number of rotatable bonds is 0. The van der Waals surface area contributed by atoms with E-state index in [0.29, 0.717) is 5.92 Å². The van der Waals surface area contributed by atoms with Gasteiger partial charge in [0, 0.05) is 0 Å². The second-order valence-corrected chi connectivity index (χ2v) is 5.21. The zero-order valence-corrected chi connectivity index (χ0v) is 10.5. The van der Waals surface area contributed by atoms with Crippen molar-refractivity contribution in [3.05, 3.63) is 70.3 Å². The normalized spacial score (nSPS) is 22.7. The minimum absolute atomic E-state index is 0.573. The van der Waals surface area contributed by atoms with Gasteiger partial charge >= 0.3 is 0 Å². The van der Waals surface area contributed by atoms with Gasteiger partial charge in [0.25, 0.3) is 0 Å². The molecule has 86 valence electrons. The molecule has 0 spiro atoms. The molecule has 2 aliphatic rings. The summed E-state index contributed by atoms with van der Waals surface area (Å²) in [5.74, 6) is 0.573. The molecule has 3 rings (SSSR count). The average molecular weight is 222 g/mol. The molecular weight excluding hydrogens is 204 g/mol. The van der Waals surface area contributed by atoms with E-state index in [1.54, 1.807) is 5.57 Å². The van der Waals surface area contributed by atoms with Crippen LogP contribution < -0.4 is 0 Å². The second-order valence-electron chi connectivity index (χ2n) is 5.21. The highest BCUT2D eigenvalue weighted by atomic mass is 14.2. The Morgan fingerprint density at radius 1 is 1.00 bits per heavy atom. The van der Waals surface area contributed by atoms with E-state index in [1.807, 2.05) is 0 Å². The Labute approximate surface area is 103 Å². The lowest BCUT2D eigenvalue weighted by Gasteiger charge is -2.17. The monoisotopic (exact) mass is 222 g/mol. The molecule has 1 unspecified atom stereocenters. The third-order valence-corrected chi connectivity index (χ3v) is 3.86. The molecule has 1 atom stereocenters. The predicted octanol–water partition coefficient (Wildman–Crippen LogP) is 4.23. The Balaban J connectivity index is 1.96. The van der Waals surface area contributed by atoms with Crippen molar-refractivity contribution in [2.75, 3.05) is 0 Å². The van der Waals surface area contributed by atoms with Gasteiger partial charge < -0.3 is 0 Å². The first kappa shape index (κ1) is 10.6. The summed E-state index contributed by atoms with van der Waals surface area (Å²) >= 11 is 0. The summed E-state index contributed by atoms with van der Waals surface area (Å²) in [6.07, 6.45) is 9.22. The minimum atomic E-state index is 0.573. The van der Waals surface area contributed by atoms with Crippen molar-refractivity contribution < 1.29 is 0 Å². The Bertz CT molecular complexity index is 514. The van der Waals surface area contributed by atoms with Gasteiger partial charge in [-0.15, -0.1) is 0 Å². The second kappa shape index (κ2) is 4.03. The Morgan fingerprint density at radius 2 is 1.65 bits per heavy atom. The first-order chi connectivity index (χ1) is 8.24. The third kappa shape index (κ3) is 1.88. The van der Waals surface area contributed by atoms with Crippen molar-refractivity contribution in [1.29, 1.82) is 0 Å². The van der Waals surface area contributed by atoms with Crippen molar-refractivity contribution in [2.24, 2.45) is 5.92 Å². The lowest BCUT2D eigenvalue weighted by Crippen LogP contribution is -2.03. The fourth-order valence-electron chi connectivity index (χ4n) is 2.98. The van der Waals surface area contributed by atoms with Crippen LogP contribution in [0.25, 0.3) is 0 Å². The number of hydrogen-bond donors (Lipinski definition) is 0. The van der Waals surface area contributed by atoms with Gasteiger partial charge in [0.1, 0.15) is 0 Å². The van der Waals surface area contributed by atoms with Crippen LogP contribution in [0.3, 0.4) is 0 Å². The molecule has 0 saturated heterocycles. The molecule has 0 heteroatoms. The van der Waals surface area contributed by atoms with Crippen molar-refractivity contribution >= 4 is 0 Å². The van der Waals surface area contributed by atoms with Gasteiger partial charge in [-0.05, 0) is 42.4 Å². The maximum atomic E-state index is 2.37. The van der Waals surface area contributed by atoms with Gasteiger partial charge in [0.15, 0.2) is 0 Å². The van der Waals surface area contributed by atoms with E-state index in [-0.39, 0.29) is 0 Å². The first-order valence-corrected chi connectivity index (χ1v) is 6.39. The van der Waals surface area contributed by atoms with Crippen LogP contribution >= 0.6 is 0 Å². The Morgan fingerprint density at radius 3 is 2.24 bits per heavy atom. The van der Waals surface area contributed by atoms with Crippen LogP contribution in [-0.2, 0) is 12.8 Å². The van der Waals surface area contributed by atoms with E-state index in [4.69, 9.17) is 0 Å². The van der Waals surface area contributed by atoms with Crippen LogP contribution in [0.1, 0.15) is 25.0 Å². The summed E-state index contributed by atoms with van der Waals surface area (Å²) in [5.41, 5.74) is 7.56. The molecule has 2 aliphatic carbocycles. The average Bonchev–Trinajstić information content (AvgIpc) is 2.72. The van der Waals surface area contributed by atoms with Crippen molar-refractivity contribution in [1.82, 2.24) is 0 Å². The molecule has 0 nitrogen and oxygen atoms in total. The molecule has 0 N–H and O–H groups in total. The summed E-state index contributed by atoms with van der Waals surface area (Å²) in [5, 5.41) is 0. The largest absolute Gasteiger partial charge is 0.0744 e. The third-order valence-electron chi connectivity index (χ3n) is 3.86. The van der Waals surface area contributed by atoms with Crippen LogP contribution in [0.4, 0.5) is 0 Å². The van der Waals surface area contributed by atoms with Gasteiger partial charge in [0.2, 0.25) is 0 Å². The van der Waals surface area contributed by atoms with E-state index in [0.717, 1.165) is 12.8 Å². The summed E-state index contributed by atoms with van der Waals surface area (Å²) < 4.78 is 0. The van der Waals surface area contributed by atoms with E-state index in [2.05, 4.69) is 56.3 Å². The minimum Gasteiger partial charge on any atom is -0.0744 e. The van der Waals surface area contributed by atoms with E-state index in [1.165, 1.54) is 22.3 Å². The number of allylic oxidation sites excluding steroid dienone is 6. The summed E-state index contributed by atoms with van der Waals surface area (Å²) in [4.78, 5) is 0. The molecule has 1 aromatic carbocycles. The van der Waals surface area contributed by atoms with Crippen LogP contribution in [0.15, 0.2) is 59.2 Å². The summed E-state index contributed by atoms with van der Waals surface area (Å²) in [7, 11) is 0. The highest BCUT2D eigenvalue weighted by Gasteiger charge is 2.20. The van der Waals surface area contributed by atoms with Crippen molar-refractivity contribution in [3.8, 4) is 0 Å². The zero-order chi connectivity index (χ0) is 11.8. The van der Waals surface area contributed by atoms with Gasteiger partial charge in [0.05, 0.1) is 0 Å². The smallest absolute Gasteiger partial charge is 0.000494 e. The van der Waals surface area contributed by atoms with Gasteiger partial charge in [-0.1, -0.05) is 60.6 Å². The molecule has 0 aromatic heterocycles. The number of benzene rings is 1. The molecule has 0 heterocycles. The van der Waals surface area contributed by atoms with E-state index in [9.17, 15) is 0 Å². The molecule has 0 amide bonds. The Kier molecular flexibility index (Phi) is 2.51.